The van der Waals surface area contributed by atoms with Crippen molar-refractivity contribution in [2.75, 3.05) is 32.9 Å². The van der Waals surface area contributed by atoms with Gasteiger partial charge in [-0.2, -0.15) is 0 Å². The molecule has 0 unspecified atom stereocenters. The van der Waals surface area contributed by atoms with E-state index in [-0.39, 0.29) is 24.0 Å². The lowest BCUT2D eigenvalue weighted by atomic mass is 10.2. The van der Waals surface area contributed by atoms with E-state index in [9.17, 15) is 13.2 Å². The van der Waals surface area contributed by atoms with Crippen molar-refractivity contribution in [2.45, 2.75) is 11.8 Å². The molecule has 0 heterocycles. The predicted octanol–water partition coefficient (Wildman–Crippen LogP) is 0.127. The minimum Gasteiger partial charge on any atom is -0.398 e. The van der Waals surface area contributed by atoms with Crippen LogP contribution in [0.5, 0.6) is 0 Å². The highest BCUT2D eigenvalue weighted by atomic mass is 32.2. The van der Waals surface area contributed by atoms with Gasteiger partial charge in [-0.3, -0.25) is 0 Å². The summed E-state index contributed by atoms with van der Waals surface area (Å²) in [6.45, 7) is 2.11. The molecule has 20 heavy (non-hydrogen) atoms. The van der Waals surface area contributed by atoms with Crippen LogP contribution >= 0.6 is 0 Å². The van der Waals surface area contributed by atoms with Gasteiger partial charge in [-0.15, -0.1) is 0 Å². The number of amides is 2. The van der Waals surface area contributed by atoms with Crippen molar-refractivity contribution in [3.8, 4) is 0 Å². The van der Waals surface area contributed by atoms with Crippen molar-refractivity contribution in [3.05, 3.63) is 23.8 Å². The smallest absolute Gasteiger partial charge is 0.316 e. The molecule has 0 radical (unpaired) electrons. The second-order valence-electron chi connectivity index (χ2n) is 4.54. The predicted molar refractivity (Wildman–Crippen MR) is 77.9 cm³/mol. The number of nitrogens with one attached hydrogen (secondary N) is 2. The SMILES string of the molecule is Cc1ccc(S(=O)(=O)NCCNC(=O)N(C)C)cc1N. The second-order valence-corrected chi connectivity index (χ2v) is 6.31. The molecule has 1 aromatic carbocycles. The van der Waals surface area contributed by atoms with E-state index in [0.717, 1.165) is 5.56 Å². The van der Waals surface area contributed by atoms with Crippen molar-refractivity contribution in [3.63, 3.8) is 0 Å². The maximum atomic E-state index is 12.0. The maximum Gasteiger partial charge on any atom is 0.316 e. The van der Waals surface area contributed by atoms with E-state index in [2.05, 4.69) is 10.0 Å². The third-order valence-corrected chi connectivity index (χ3v) is 4.12. The van der Waals surface area contributed by atoms with Gasteiger partial charge in [0.25, 0.3) is 0 Å². The van der Waals surface area contributed by atoms with Crippen LogP contribution in [0.15, 0.2) is 23.1 Å². The molecule has 4 N–H and O–H groups in total. The summed E-state index contributed by atoms with van der Waals surface area (Å²) in [5, 5.41) is 2.56. The Morgan fingerprint density at radius 1 is 1.30 bits per heavy atom. The molecule has 0 aliphatic heterocycles. The van der Waals surface area contributed by atoms with Crippen LogP contribution in [0.2, 0.25) is 0 Å². The standard InChI is InChI=1S/C12H20N4O3S/c1-9-4-5-10(8-11(9)13)20(18,19)15-7-6-14-12(17)16(2)3/h4-5,8,15H,6-7,13H2,1-3H3,(H,14,17). The minimum absolute atomic E-state index is 0.107. The quantitative estimate of drug-likeness (QED) is 0.531. The Morgan fingerprint density at radius 2 is 1.95 bits per heavy atom. The second kappa shape index (κ2) is 6.58. The van der Waals surface area contributed by atoms with Gasteiger partial charge in [0.05, 0.1) is 4.90 Å². The van der Waals surface area contributed by atoms with Crippen LogP contribution in [-0.4, -0.2) is 46.5 Å². The Bertz CT molecular complexity index is 584. The Balaban J connectivity index is 2.58. The minimum atomic E-state index is -3.61. The van der Waals surface area contributed by atoms with E-state index >= 15 is 0 Å². The van der Waals surface area contributed by atoms with Gasteiger partial charge < -0.3 is 16.0 Å². The van der Waals surface area contributed by atoms with Crippen LogP contribution in [0.4, 0.5) is 10.5 Å². The lowest BCUT2D eigenvalue weighted by Gasteiger charge is -2.12. The van der Waals surface area contributed by atoms with Gasteiger partial charge in [0, 0.05) is 32.9 Å². The lowest BCUT2D eigenvalue weighted by Crippen LogP contribution is -2.39. The van der Waals surface area contributed by atoms with E-state index < -0.39 is 10.0 Å². The summed E-state index contributed by atoms with van der Waals surface area (Å²) < 4.78 is 26.4. The van der Waals surface area contributed by atoms with E-state index in [1.54, 1.807) is 27.1 Å². The number of hydrogen-bond acceptors (Lipinski definition) is 4. The number of carbonyl (C=O) groups excluding carboxylic acids is 1. The van der Waals surface area contributed by atoms with Gasteiger partial charge in [0.1, 0.15) is 0 Å². The molecule has 0 saturated heterocycles. The molecular weight excluding hydrogens is 280 g/mol. The summed E-state index contributed by atoms with van der Waals surface area (Å²) in [7, 11) is -0.401. The number of rotatable bonds is 5. The van der Waals surface area contributed by atoms with Crippen LogP contribution in [0.1, 0.15) is 5.56 Å². The fourth-order valence-corrected chi connectivity index (χ4v) is 2.45. The normalized spacial score (nSPS) is 11.2. The van der Waals surface area contributed by atoms with Gasteiger partial charge in [0.15, 0.2) is 0 Å². The fraction of sp³-hybridized carbons (Fsp3) is 0.417. The number of benzene rings is 1. The number of nitrogen functional groups attached to an aromatic ring is 1. The number of carbonyl (C=O) groups is 1. The molecule has 1 aromatic rings. The number of hydrogen-bond donors (Lipinski definition) is 3. The first-order valence-electron chi connectivity index (χ1n) is 6.05. The average molecular weight is 300 g/mol. The van der Waals surface area contributed by atoms with Crippen LogP contribution in [-0.2, 0) is 10.0 Å². The highest BCUT2D eigenvalue weighted by Crippen LogP contribution is 2.16. The van der Waals surface area contributed by atoms with Crippen molar-refractivity contribution in [1.82, 2.24) is 14.9 Å². The molecule has 0 atom stereocenters. The van der Waals surface area contributed by atoms with Gasteiger partial charge in [-0.1, -0.05) is 6.07 Å². The Labute approximate surface area is 119 Å². The van der Waals surface area contributed by atoms with Gasteiger partial charge in [-0.25, -0.2) is 17.9 Å². The maximum absolute atomic E-state index is 12.0. The zero-order valence-electron chi connectivity index (χ0n) is 11.8. The summed E-state index contributed by atoms with van der Waals surface area (Å²) >= 11 is 0. The molecule has 112 valence electrons. The Hall–Kier alpha value is -1.80. The van der Waals surface area contributed by atoms with Crippen molar-refractivity contribution < 1.29 is 13.2 Å². The summed E-state index contributed by atoms with van der Waals surface area (Å²) in [4.78, 5) is 12.7. The van der Waals surface area contributed by atoms with Crippen LogP contribution < -0.4 is 15.8 Å². The van der Waals surface area contributed by atoms with E-state index in [1.807, 2.05) is 0 Å². The molecule has 0 aliphatic carbocycles. The third kappa shape index (κ3) is 4.39. The van der Waals surface area contributed by atoms with Crippen molar-refractivity contribution in [2.24, 2.45) is 0 Å². The largest absolute Gasteiger partial charge is 0.398 e. The Kier molecular flexibility index (Phi) is 5.34. The van der Waals surface area contributed by atoms with Crippen LogP contribution in [0.25, 0.3) is 0 Å². The van der Waals surface area contributed by atoms with Gasteiger partial charge in [-0.05, 0) is 24.6 Å². The van der Waals surface area contributed by atoms with E-state index in [4.69, 9.17) is 5.73 Å². The molecule has 0 aromatic heterocycles. The van der Waals surface area contributed by atoms with Crippen molar-refractivity contribution in [1.29, 1.82) is 0 Å². The molecule has 0 aliphatic rings. The van der Waals surface area contributed by atoms with E-state index in [1.165, 1.54) is 17.0 Å². The molecule has 7 nitrogen and oxygen atoms in total. The molecule has 2 amide bonds. The fourth-order valence-electron chi connectivity index (χ4n) is 1.38. The number of aryl methyl sites for hydroxylation is 1. The zero-order chi connectivity index (χ0) is 15.3. The molecule has 0 spiro atoms. The molecule has 0 saturated carbocycles. The molecule has 0 fully saturated rings. The number of urea groups is 1. The summed E-state index contributed by atoms with van der Waals surface area (Å²) in [6, 6.07) is 4.28. The lowest BCUT2D eigenvalue weighted by molar-refractivity contribution is 0.217. The topological polar surface area (TPSA) is 105 Å². The van der Waals surface area contributed by atoms with Gasteiger partial charge >= 0.3 is 6.03 Å². The molecule has 8 heteroatoms. The summed E-state index contributed by atoms with van der Waals surface area (Å²) in [5.41, 5.74) is 6.94. The summed E-state index contributed by atoms with van der Waals surface area (Å²) in [5.74, 6) is 0. The first kappa shape index (κ1) is 16.3. The first-order valence-corrected chi connectivity index (χ1v) is 7.53. The zero-order valence-corrected chi connectivity index (χ0v) is 12.6. The number of anilines is 1. The number of sulfonamides is 1. The number of nitrogens with two attached hydrogens (primary N) is 1. The average Bonchev–Trinajstić information content (AvgIpc) is 2.37. The highest BCUT2D eigenvalue weighted by molar-refractivity contribution is 7.89. The van der Waals surface area contributed by atoms with Crippen LogP contribution in [0.3, 0.4) is 0 Å². The molecule has 0 bridgehead atoms. The third-order valence-electron chi connectivity index (χ3n) is 2.66. The number of nitrogens with zero attached hydrogens (tertiary/aromatic N) is 1. The van der Waals surface area contributed by atoms with Gasteiger partial charge in [0.2, 0.25) is 10.0 Å². The Morgan fingerprint density at radius 3 is 2.50 bits per heavy atom. The molecular formula is C12H20N4O3S. The first-order chi connectivity index (χ1) is 9.24. The molecule has 1 rings (SSSR count). The monoisotopic (exact) mass is 300 g/mol. The highest BCUT2D eigenvalue weighted by Gasteiger charge is 2.14. The van der Waals surface area contributed by atoms with Crippen LogP contribution in [0, 0.1) is 6.92 Å². The van der Waals surface area contributed by atoms with E-state index in [0.29, 0.717) is 5.69 Å². The van der Waals surface area contributed by atoms with Crippen molar-refractivity contribution >= 4 is 21.7 Å². The summed E-state index contributed by atoms with van der Waals surface area (Å²) in [6.07, 6.45) is 0.